The number of nitrogens with zero attached hydrogens (tertiary/aromatic N) is 3. The lowest BCUT2D eigenvalue weighted by Crippen LogP contribution is -2.54. The zero-order chi connectivity index (χ0) is 27.8. The standard InChI is InChI=1S/C35H38N4OS/c1-24-12-14-30(15-13-24)39-32(37-38-34(39)41-23-26-10-6-3-7-11-26)31(19-25-8-4-2-5-9-25)36-33(40)35-20-27-16-28(21-35)18-29(17-27)22-35/h2-15,27-29,31H,16-23H2,1H3,(H,36,40). The Hall–Kier alpha value is -3.38. The highest BCUT2D eigenvalue weighted by Gasteiger charge is 2.55. The topological polar surface area (TPSA) is 59.8 Å². The van der Waals surface area contributed by atoms with Crippen LogP contribution in [0.1, 0.15) is 67.1 Å². The van der Waals surface area contributed by atoms with Crippen molar-refractivity contribution in [1.82, 2.24) is 20.1 Å². The first-order valence-corrected chi connectivity index (χ1v) is 16.1. The van der Waals surface area contributed by atoms with Gasteiger partial charge in [0.15, 0.2) is 11.0 Å². The van der Waals surface area contributed by atoms with Crippen molar-refractivity contribution in [3.8, 4) is 5.69 Å². The molecule has 1 unspecified atom stereocenters. The molecule has 0 saturated heterocycles. The number of hydrogen-bond acceptors (Lipinski definition) is 4. The molecule has 1 N–H and O–H groups in total. The van der Waals surface area contributed by atoms with Gasteiger partial charge in [-0.1, -0.05) is 90.1 Å². The fourth-order valence-corrected chi connectivity index (χ4v) is 8.93. The minimum Gasteiger partial charge on any atom is -0.345 e. The highest BCUT2D eigenvalue weighted by Crippen LogP contribution is 2.60. The maximum atomic E-state index is 14.3. The molecule has 3 aromatic carbocycles. The third-order valence-corrected chi connectivity index (χ3v) is 10.6. The summed E-state index contributed by atoms with van der Waals surface area (Å²) in [6, 6.07) is 29.2. The summed E-state index contributed by atoms with van der Waals surface area (Å²) in [5.74, 6) is 3.99. The van der Waals surface area contributed by atoms with Gasteiger partial charge in [-0.2, -0.15) is 0 Å². The van der Waals surface area contributed by atoms with Gasteiger partial charge in [-0.3, -0.25) is 9.36 Å². The van der Waals surface area contributed by atoms with E-state index in [9.17, 15) is 4.79 Å². The molecule has 41 heavy (non-hydrogen) atoms. The zero-order valence-electron chi connectivity index (χ0n) is 23.7. The average molecular weight is 563 g/mol. The molecule has 4 fully saturated rings. The molecule has 210 valence electrons. The van der Waals surface area contributed by atoms with E-state index in [-0.39, 0.29) is 17.4 Å². The summed E-state index contributed by atoms with van der Waals surface area (Å²) >= 11 is 1.69. The minimum atomic E-state index is -0.280. The summed E-state index contributed by atoms with van der Waals surface area (Å²) in [7, 11) is 0. The zero-order valence-corrected chi connectivity index (χ0v) is 24.5. The SMILES string of the molecule is Cc1ccc(-n2c(SCc3ccccc3)nnc2C(Cc2ccccc2)NC(=O)C23CC4CC(CC(C4)C2)C3)cc1. The van der Waals surface area contributed by atoms with Crippen LogP contribution in [-0.2, 0) is 17.0 Å². The predicted molar refractivity (Wildman–Crippen MR) is 164 cm³/mol. The molecule has 4 aliphatic rings. The summed E-state index contributed by atoms with van der Waals surface area (Å²) in [6.07, 6.45) is 7.78. The molecule has 4 aromatic rings. The fraction of sp³-hybridized carbons (Fsp3) is 0.400. The molecule has 1 amide bonds. The van der Waals surface area contributed by atoms with E-state index in [2.05, 4.69) is 89.6 Å². The van der Waals surface area contributed by atoms with Crippen molar-refractivity contribution in [2.75, 3.05) is 0 Å². The molecule has 0 radical (unpaired) electrons. The first-order chi connectivity index (χ1) is 20.0. The number of aromatic nitrogens is 3. The van der Waals surface area contributed by atoms with Gasteiger partial charge in [-0.15, -0.1) is 10.2 Å². The average Bonchev–Trinajstić information content (AvgIpc) is 3.40. The number of aryl methyl sites for hydroxylation is 1. The molecule has 1 atom stereocenters. The Morgan fingerprint density at radius 2 is 1.44 bits per heavy atom. The molecule has 1 aromatic heterocycles. The Labute approximate surface area is 247 Å². The van der Waals surface area contributed by atoms with E-state index in [1.54, 1.807) is 11.8 Å². The van der Waals surface area contributed by atoms with Gasteiger partial charge in [-0.25, -0.2) is 0 Å². The van der Waals surface area contributed by atoms with Crippen molar-refractivity contribution in [2.24, 2.45) is 23.2 Å². The Bertz CT molecular complexity index is 1460. The van der Waals surface area contributed by atoms with E-state index >= 15 is 0 Å². The number of carbonyl (C=O) groups is 1. The normalized spacial score (nSPS) is 25.2. The Kier molecular flexibility index (Phi) is 7.20. The molecule has 8 rings (SSSR count). The number of nitrogens with one attached hydrogen (secondary N) is 1. The van der Waals surface area contributed by atoms with Gasteiger partial charge in [0, 0.05) is 16.9 Å². The monoisotopic (exact) mass is 562 g/mol. The lowest BCUT2D eigenvalue weighted by atomic mass is 9.49. The van der Waals surface area contributed by atoms with Gasteiger partial charge in [0.05, 0.1) is 6.04 Å². The van der Waals surface area contributed by atoms with Crippen molar-refractivity contribution in [1.29, 1.82) is 0 Å². The van der Waals surface area contributed by atoms with Gasteiger partial charge in [0.25, 0.3) is 0 Å². The van der Waals surface area contributed by atoms with E-state index in [4.69, 9.17) is 10.2 Å². The third kappa shape index (κ3) is 5.46. The van der Waals surface area contributed by atoms with Crippen molar-refractivity contribution >= 4 is 17.7 Å². The Morgan fingerprint density at radius 1 is 0.854 bits per heavy atom. The number of benzene rings is 3. The van der Waals surface area contributed by atoms with E-state index in [1.807, 2.05) is 12.1 Å². The molecule has 4 saturated carbocycles. The lowest BCUT2D eigenvalue weighted by Gasteiger charge is -2.55. The second kappa shape index (κ2) is 11.1. The summed E-state index contributed by atoms with van der Waals surface area (Å²) in [5.41, 5.74) is 4.43. The highest BCUT2D eigenvalue weighted by molar-refractivity contribution is 7.98. The molecule has 0 aliphatic heterocycles. The lowest BCUT2D eigenvalue weighted by molar-refractivity contribution is -0.147. The number of carbonyl (C=O) groups excluding carboxylic acids is 1. The molecule has 0 spiro atoms. The number of thioether (sulfide) groups is 1. The molecule has 1 heterocycles. The van der Waals surface area contributed by atoms with Crippen LogP contribution in [0.15, 0.2) is 90.1 Å². The fourth-order valence-electron chi connectivity index (χ4n) is 8.02. The third-order valence-electron chi connectivity index (χ3n) is 9.58. The molecular weight excluding hydrogens is 524 g/mol. The van der Waals surface area contributed by atoms with Crippen LogP contribution in [0.5, 0.6) is 0 Å². The van der Waals surface area contributed by atoms with Gasteiger partial charge in [0.1, 0.15) is 0 Å². The van der Waals surface area contributed by atoms with Crippen LogP contribution in [0.2, 0.25) is 0 Å². The largest absolute Gasteiger partial charge is 0.345 e. The van der Waals surface area contributed by atoms with Crippen LogP contribution >= 0.6 is 11.8 Å². The Morgan fingerprint density at radius 3 is 2.05 bits per heavy atom. The van der Waals surface area contributed by atoms with Gasteiger partial charge in [0.2, 0.25) is 5.91 Å². The maximum Gasteiger partial charge on any atom is 0.226 e. The highest BCUT2D eigenvalue weighted by atomic mass is 32.2. The second-order valence-corrected chi connectivity index (χ2v) is 13.6. The quantitative estimate of drug-likeness (QED) is 0.215. The van der Waals surface area contributed by atoms with Crippen LogP contribution in [0.4, 0.5) is 0 Å². The van der Waals surface area contributed by atoms with E-state index < -0.39 is 0 Å². The Balaban J connectivity index is 1.25. The van der Waals surface area contributed by atoms with Gasteiger partial charge in [-0.05, 0) is 92.9 Å². The van der Waals surface area contributed by atoms with E-state index in [0.29, 0.717) is 6.42 Å². The van der Waals surface area contributed by atoms with Crippen molar-refractivity contribution in [3.63, 3.8) is 0 Å². The van der Waals surface area contributed by atoms with Gasteiger partial charge < -0.3 is 5.32 Å². The molecule has 4 aliphatic carbocycles. The van der Waals surface area contributed by atoms with Crippen molar-refractivity contribution in [3.05, 3.63) is 107 Å². The van der Waals surface area contributed by atoms with Gasteiger partial charge >= 0.3 is 0 Å². The maximum absolute atomic E-state index is 14.3. The van der Waals surface area contributed by atoms with Crippen LogP contribution in [0.25, 0.3) is 5.69 Å². The molecular formula is C35H38N4OS. The summed E-state index contributed by atoms with van der Waals surface area (Å²) in [6.45, 7) is 2.10. The van der Waals surface area contributed by atoms with Crippen molar-refractivity contribution in [2.45, 2.75) is 68.8 Å². The summed E-state index contributed by atoms with van der Waals surface area (Å²) in [4.78, 5) is 14.3. The van der Waals surface area contributed by atoms with Crippen molar-refractivity contribution < 1.29 is 4.79 Å². The predicted octanol–water partition coefficient (Wildman–Crippen LogP) is 7.48. The smallest absolute Gasteiger partial charge is 0.226 e. The van der Waals surface area contributed by atoms with Crippen LogP contribution < -0.4 is 5.32 Å². The van der Waals surface area contributed by atoms with Crippen LogP contribution in [0, 0.1) is 30.1 Å². The molecule has 5 nitrogen and oxygen atoms in total. The molecule has 4 bridgehead atoms. The minimum absolute atomic E-state index is 0.219. The molecule has 6 heteroatoms. The first kappa shape index (κ1) is 26.5. The van der Waals surface area contributed by atoms with Crippen LogP contribution in [0.3, 0.4) is 0 Å². The number of hydrogen-bond donors (Lipinski definition) is 1. The summed E-state index contributed by atoms with van der Waals surface area (Å²) in [5, 5.41) is 13.9. The van der Waals surface area contributed by atoms with Crippen LogP contribution in [-0.4, -0.2) is 20.7 Å². The summed E-state index contributed by atoms with van der Waals surface area (Å²) < 4.78 is 2.17. The number of amides is 1. The van der Waals surface area contributed by atoms with E-state index in [0.717, 1.165) is 59.4 Å². The number of rotatable bonds is 9. The van der Waals surface area contributed by atoms with E-state index in [1.165, 1.54) is 36.0 Å². The second-order valence-electron chi connectivity index (χ2n) is 12.7. The first-order valence-electron chi connectivity index (χ1n) is 15.1.